The molecule has 33 heavy (non-hydrogen) atoms. The van der Waals surface area contributed by atoms with E-state index in [2.05, 4.69) is 15.0 Å². The number of aromatic nitrogens is 3. The van der Waals surface area contributed by atoms with Gasteiger partial charge in [0.1, 0.15) is 17.5 Å². The van der Waals surface area contributed by atoms with E-state index in [1.807, 2.05) is 7.05 Å². The SMILES string of the molecule is COCCN(C)Cc1cnn(-c2ccc(-c3cc(F)ccc3F)nc2)c1-c1ccccc1F. The minimum absolute atomic E-state index is 0.0665. The van der Waals surface area contributed by atoms with E-state index in [1.165, 1.54) is 12.3 Å². The standard InChI is InChI=1S/C25H23F3N4O/c1-31(11-12-33-2)16-17-14-30-32(25(17)20-5-3-4-6-22(20)27)19-8-10-24(29-15-19)21-13-18(26)7-9-23(21)28/h3-10,13-15H,11-12,16H2,1-2H3. The highest BCUT2D eigenvalue weighted by Crippen LogP contribution is 2.30. The summed E-state index contributed by atoms with van der Waals surface area (Å²) < 4.78 is 49.2. The molecule has 4 aromatic rings. The van der Waals surface area contributed by atoms with E-state index in [-0.39, 0.29) is 17.1 Å². The maximum atomic E-state index is 14.8. The first-order valence-electron chi connectivity index (χ1n) is 10.4. The van der Waals surface area contributed by atoms with E-state index in [0.29, 0.717) is 36.6 Å². The van der Waals surface area contributed by atoms with Gasteiger partial charge in [-0.1, -0.05) is 12.1 Å². The highest BCUT2D eigenvalue weighted by Gasteiger charge is 2.19. The van der Waals surface area contributed by atoms with Gasteiger partial charge in [-0.3, -0.25) is 9.88 Å². The number of hydrogen-bond donors (Lipinski definition) is 0. The van der Waals surface area contributed by atoms with Crippen molar-refractivity contribution in [2.24, 2.45) is 0 Å². The van der Waals surface area contributed by atoms with Crippen LogP contribution >= 0.6 is 0 Å². The summed E-state index contributed by atoms with van der Waals surface area (Å²) in [7, 11) is 3.59. The van der Waals surface area contributed by atoms with Gasteiger partial charge in [0.15, 0.2) is 0 Å². The lowest BCUT2D eigenvalue weighted by Crippen LogP contribution is -2.22. The molecular formula is C25H23F3N4O. The summed E-state index contributed by atoms with van der Waals surface area (Å²) in [6.45, 7) is 1.81. The summed E-state index contributed by atoms with van der Waals surface area (Å²) in [5.74, 6) is -1.48. The van der Waals surface area contributed by atoms with Crippen molar-refractivity contribution >= 4 is 0 Å². The number of hydrogen-bond acceptors (Lipinski definition) is 4. The third-order valence-corrected chi connectivity index (χ3v) is 5.29. The zero-order chi connectivity index (χ0) is 23.4. The fourth-order valence-electron chi connectivity index (χ4n) is 3.62. The van der Waals surface area contributed by atoms with Crippen LogP contribution in [0.4, 0.5) is 13.2 Å². The third kappa shape index (κ3) is 4.97. The molecule has 0 aliphatic rings. The van der Waals surface area contributed by atoms with Crippen molar-refractivity contribution in [2.45, 2.75) is 6.54 Å². The Hall–Kier alpha value is -3.49. The van der Waals surface area contributed by atoms with Crippen molar-refractivity contribution in [1.82, 2.24) is 19.7 Å². The average molecular weight is 452 g/mol. The van der Waals surface area contributed by atoms with Gasteiger partial charge in [-0.05, 0) is 49.5 Å². The average Bonchev–Trinajstić information content (AvgIpc) is 3.22. The normalized spacial score (nSPS) is 11.3. The molecule has 8 heteroatoms. The monoisotopic (exact) mass is 452 g/mol. The molecule has 0 unspecified atom stereocenters. The molecule has 0 bridgehead atoms. The number of pyridine rings is 1. The van der Waals surface area contributed by atoms with Gasteiger partial charge < -0.3 is 4.74 Å². The van der Waals surface area contributed by atoms with E-state index >= 15 is 0 Å². The minimum atomic E-state index is -0.566. The van der Waals surface area contributed by atoms with Gasteiger partial charge in [0.05, 0.1) is 36.1 Å². The van der Waals surface area contributed by atoms with E-state index < -0.39 is 11.6 Å². The summed E-state index contributed by atoms with van der Waals surface area (Å²) >= 11 is 0. The zero-order valence-corrected chi connectivity index (χ0v) is 18.3. The van der Waals surface area contributed by atoms with Gasteiger partial charge in [-0.15, -0.1) is 0 Å². The van der Waals surface area contributed by atoms with E-state index in [4.69, 9.17) is 4.74 Å². The molecule has 170 valence electrons. The van der Waals surface area contributed by atoms with Crippen LogP contribution in [-0.2, 0) is 11.3 Å². The van der Waals surface area contributed by atoms with Crippen LogP contribution in [0, 0.1) is 17.5 Å². The van der Waals surface area contributed by atoms with Crippen molar-refractivity contribution in [3.63, 3.8) is 0 Å². The second kappa shape index (κ2) is 9.97. The number of halogens is 3. The molecule has 5 nitrogen and oxygen atoms in total. The Morgan fingerprint density at radius 3 is 2.45 bits per heavy atom. The maximum Gasteiger partial charge on any atom is 0.132 e. The number of nitrogens with zero attached hydrogens (tertiary/aromatic N) is 4. The first-order chi connectivity index (χ1) is 16.0. The van der Waals surface area contributed by atoms with Gasteiger partial charge in [-0.25, -0.2) is 17.9 Å². The zero-order valence-electron chi connectivity index (χ0n) is 18.3. The van der Waals surface area contributed by atoms with Crippen molar-refractivity contribution in [2.75, 3.05) is 27.3 Å². The van der Waals surface area contributed by atoms with Crippen LogP contribution in [0.2, 0.25) is 0 Å². The quantitative estimate of drug-likeness (QED) is 0.373. The molecule has 0 atom stereocenters. The summed E-state index contributed by atoms with van der Waals surface area (Å²) in [6.07, 6.45) is 3.21. The lowest BCUT2D eigenvalue weighted by Gasteiger charge is -2.17. The van der Waals surface area contributed by atoms with E-state index in [1.54, 1.807) is 48.3 Å². The Morgan fingerprint density at radius 1 is 0.939 bits per heavy atom. The number of rotatable bonds is 8. The minimum Gasteiger partial charge on any atom is -0.383 e. The van der Waals surface area contributed by atoms with Crippen molar-refractivity contribution in [1.29, 1.82) is 0 Å². The van der Waals surface area contributed by atoms with Crippen LogP contribution in [0.3, 0.4) is 0 Å². The Balaban J connectivity index is 1.74. The Morgan fingerprint density at radius 2 is 1.73 bits per heavy atom. The summed E-state index contributed by atoms with van der Waals surface area (Å²) in [6, 6.07) is 13.0. The molecule has 2 aromatic heterocycles. The Kier molecular flexibility index (Phi) is 6.86. The topological polar surface area (TPSA) is 43.2 Å². The summed E-state index contributed by atoms with van der Waals surface area (Å²) in [5.41, 5.74) is 2.76. The Labute approximate surface area is 190 Å². The lowest BCUT2D eigenvalue weighted by atomic mass is 10.1. The molecule has 0 aliphatic carbocycles. The molecule has 0 spiro atoms. The molecule has 0 fully saturated rings. The first kappa shape index (κ1) is 22.7. The van der Waals surface area contributed by atoms with Crippen molar-refractivity contribution < 1.29 is 17.9 Å². The van der Waals surface area contributed by atoms with Crippen molar-refractivity contribution in [3.05, 3.63) is 90.0 Å². The molecule has 0 amide bonds. The predicted molar refractivity (Wildman–Crippen MR) is 120 cm³/mol. The highest BCUT2D eigenvalue weighted by molar-refractivity contribution is 5.67. The molecule has 0 aliphatic heterocycles. The number of methoxy groups -OCH3 is 1. The fraction of sp³-hybridized carbons (Fsp3) is 0.200. The molecular weight excluding hydrogens is 429 g/mol. The second-order valence-corrected chi connectivity index (χ2v) is 7.67. The van der Waals surface area contributed by atoms with Gasteiger partial charge >= 0.3 is 0 Å². The van der Waals surface area contributed by atoms with Crippen LogP contribution in [0.5, 0.6) is 0 Å². The maximum absolute atomic E-state index is 14.8. The van der Waals surface area contributed by atoms with Crippen LogP contribution < -0.4 is 0 Å². The molecule has 2 heterocycles. The van der Waals surface area contributed by atoms with E-state index in [0.717, 1.165) is 23.8 Å². The third-order valence-electron chi connectivity index (χ3n) is 5.29. The molecule has 0 saturated carbocycles. The molecule has 2 aromatic carbocycles. The van der Waals surface area contributed by atoms with Gasteiger partial charge in [-0.2, -0.15) is 5.10 Å². The van der Waals surface area contributed by atoms with Crippen LogP contribution in [0.25, 0.3) is 28.2 Å². The van der Waals surface area contributed by atoms with Crippen LogP contribution in [0.1, 0.15) is 5.56 Å². The predicted octanol–water partition coefficient (Wildman–Crippen LogP) is 5.10. The van der Waals surface area contributed by atoms with E-state index in [9.17, 15) is 13.2 Å². The summed E-state index contributed by atoms with van der Waals surface area (Å²) in [4.78, 5) is 6.37. The molecule has 0 saturated heterocycles. The number of likely N-dealkylation sites (N-methyl/N-ethyl adjacent to an activating group) is 1. The smallest absolute Gasteiger partial charge is 0.132 e. The Bertz CT molecular complexity index is 1240. The summed E-state index contributed by atoms with van der Waals surface area (Å²) in [5, 5.41) is 4.49. The van der Waals surface area contributed by atoms with Crippen molar-refractivity contribution in [3.8, 4) is 28.2 Å². The lowest BCUT2D eigenvalue weighted by molar-refractivity contribution is 0.158. The number of benzene rings is 2. The first-order valence-corrected chi connectivity index (χ1v) is 10.4. The molecule has 0 N–H and O–H groups in total. The van der Waals surface area contributed by atoms with Gasteiger partial charge in [0.25, 0.3) is 0 Å². The highest BCUT2D eigenvalue weighted by atomic mass is 19.1. The largest absolute Gasteiger partial charge is 0.383 e. The van der Waals surface area contributed by atoms with Crippen LogP contribution in [-0.4, -0.2) is 47.0 Å². The molecule has 0 radical (unpaired) electrons. The molecule has 4 rings (SSSR count). The number of ether oxygens (including phenoxy) is 1. The van der Waals surface area contributed by atoms with Gasteiger partial charge in [0.2, 0.25) is 0 Å². The second-order valence-electron chi connectivity index (χ2n) is 7.67. The fourth-order valence-corrected chi connectivity index (χ4v) is 3.62. The van der Waals surface area contributed by atoms with Crippen LogP contribution in [0.15, 0.2) is 67.0 Å². The van der Waals surface area contributed by atoms with Gasteiger partial charge in [0, 0.05) is 36.9 Å².